The molecule has 0 radical (unpaired) electrons. The molecule has 6 rings (SSSR count). The topological polar surface area (TPSA) is 68.2 Å². The molecule has 1 aromatic rings. The first-order chi connectivity index (χ1) is 13.5. The predicted octanol–water partition coefficient (Wildman–Crippen LogP) is 3.09. The number of nitrogens with zero attached hydrogens (tertiary/aromatic N) is 2. The van der Waals surface area contributed by atoms with Gasteiger partial charge in [0.05, 0.1) is 35.3 Å². The SMILES string of the molecule is CCOc1c(I)cc(/C=N/N2C(=O)C3C4C=CC(C5CC45)C3C2=O)cc1OC. The first kappa shape index (κ1) is 18.1. The maximum atomic E-state index is 13.0. The first-order valence-electron chi connectivity index (χ1n) is 9.65. The normalized spacial score (nSPS) is 34.8. The molecule has 6 unspecified atom stereocenters. The highest BCUT2D eigenvalue weighted by atomic mass is 127. The second-order valence-electron chi connectivity index (χ2n) is 7.85. The van der Waals surface area contributed by atoms with Gasteiger partial charge in [-0.1, -0.05) is 12.2 Å². The predicted molar refractivity (Wildman–Crippen MR) is 111 cm³/mol. The minimum atomic E-state index is -0.224. The molecule has 6 nitrogen and oxygen atoms in total. The molecule has 2 bridgehead atoms. The van der Waals surface area contributed by atoms with Crippen LogP contribution in [0.5, 0.6) is 11.5 Å². The molecular formula is C21H21IN2O4. The van der Waals surface area contributed by atoms with Crippen molar-refractivity contribution in [1.29, 1.82) is 0 Å². The maximum Gasteiger partial charge on any atom is 0.254 e. The smallest absolute Gasteiger partial charge is 0.254 e. The third-order valence-corrected chi connectivity index (χ3v) is 7.30. The largest absolute Gasteiger partial charge is 0.493 e. The van der Waals surface area contributed by atoms with E-state index in [0.717, 1.165) is 20.6 Å². The number of hydrazone groups is 1. The summed E-state index contributed by atoms with van der Waals surface area (Å²) in [7, 11) is 1.58. The lowest BCUT2D eigenvalue weighted by molar-refractivity contribution is -0.140. The van der Waals surface area contributed by atoms with Gasteiger partial charge in [0.25, 0.3) is 11.8 Å². The highest BCUT2D eigenvalue weighted by Crippen LogP contribution is 2.65. The molecule has 1 aromatic carbocycles. The number of carbonyl (C=O) groups excluding carboxylic acids is 2. The van der Waals surface area contributed by atoms with E-state index in [0.29, 0.717) is 29.9 Å². The zero-order valence-corrected chi connectivity index (χ0v) is 17.8. The number of hydrogen-bond acceptors (Lipinski definition) is 5. The van der Waals surface area contributed by atoms with Gasteiger partial charge < -0.3 is 9.47 Å². The average Bonchev–Trinajstić information content (AvgIpc) is 3.47. The Morgan fingerprint density at radius 3 is 2.39 bits per heavy atom. The van der Waals surface area contributed by atoms with Crippen molar-refractivity contribution in [2.45, 2.75) is 13.3 Å². The fourth-order valence-corrected chi connectivity index (χ4v) is 6.06. The van der Waals surface area contributed by atoms with Crippen molar-refractivity contribution in [3.63, 3.8) is 0 Å². The Labute approximate surface area is 177 Å². The third-order valence-electron chi connectivity index (χ3n) is 6.50. The summed E-state index contributed by atoms with van der Waals surface area (Å²) in [6.45, 7) is 2.46. The fourth-order valence-electron chi connectivity index (χ4n) is 5.28. The Hall–Kier alpha value is -1.90. The lowest BCUT2D eigenvalue weighted by Gasteiger charge is -2.37. The van der Waals surface area contributed by atoms with Gasteiger partial charge in [-0.25, -0.2) is 0 Å². The Balaban J connectivity index is 1.41. The summed E-state index contributed by atoms with van der Waals surface area (Å²) >= 11 is 2.18. The number of hydrogen-bond donors (Lipinski definition) is 0. The van der Waals surface area contributed by atoms with E-state index in [1.54, 1.807) is 19.4 Å². The highest BCUT2D eigenvalue weighted by molar-refractivity contribution is 14.1. The van der Waals surface area contributed by atoms with Crippen LogP contribution in [0.25, 0.3) is 0 Å². The van der Waals surface area contributed by atoms with Crippen molar-refractivity contribution >= 4 is 40.6 Å². The van der Waals surface area contributed by atoms with Gasteiger partial charge in [0, 0.05) is 0 Å². The second kappa shape index (κ2) is 6.57. The molecule has 7 heteroatoms. The Morgan fingerprint density at radius 2 is 1.82 bits per heavy atom. The number of benzene rings is 1. The zero-order chi connectivity index (χ0) is 19.6. The number of rotatable bonds is 5. The van der Waals surface area contributed by atoms with Crippen molar-refractivity contribution in [2.24, 2.45) is 40.6 Å². The molecular weight excluding hydrogens is 471 g/mol. The molecule has 0 N–H and O–H groups in total. The summed E-state index contributed by atoms with van der Waals surface area (Å²) in [5.74, 6) is 2.15. The first-order valence-corrected chi connectivity index (χ1v) is 10.7. The zero-order valence-electron chi connectivity index (χ0n) is 15.7. The minimum Gasteiger partial charge on any atom is -0.493 e. The van der Waals surface area contributed by atoms with Gasteiger partial charge in [0.1, 0.15) is 0 Å². The number of halogens is 1. The van der Waals surface area contributed by atoms with Gasteiger partial charge >= 0.3 is 0 Å². The highest BCUT2D eigenvalue weighted by Gasteiger charge is 2.67. The summed E-state index contributed by atoms with van der Waals surface area (Å²) in [6, 6.07) is 3.70. The van der Waals surface area contributed by atoms with Gasteiger partial charge in [-0.15, -0.1) is 0 Å². The fraction of sp³-hybridized carbons (Fsp3) is 0.476. The number of methoxy groups -OCH3 is 1. The minimum absolute atomic E-state index is 0.149. The number of amides is 2. The van der Waals surface area contributed by atoms with Gasteiger partial charge in [0.2, 0.25) is 0 Å². The third kappa shape index (κ3) is 2.54. The van der Waals surface area contributed by atoms with Gasteiger partial charge in [-0.3, -0.25) is 9.59 Å². The van der Waals surface area contributed by atoms with Crippen LogP contribution in [0.15, 0.2) is 29.4 Å². The van der Waals surface area contributed by atoms with Crippen molar-refractivity contribution in [3.8, 4) is 11.5 Å². The Kier molecular flexibility index (Phi) is 4.26. The summed E-state index contributed by atoms with van der Waals surface area (Å²) in [6.07, 6.45) is 7.04. The van der Waals surface area contributed by atoms with Crippen molar-refractivity contribution in [2.75, 3.05) is 13.7 Å². The van der Waals surface area contributed by atoms with Crippen molar-refractivity contribution < 1.29 is 19.1 Å². The number of carbonyl (C=O) groups is 2. The molecule has 1 heterocycles. The molecule has 2 saturated carbocycles. The van der Waals surface area contributed by atoms with E-state index in [1.807, 2.05) is 13.0 Å². The van der Waals surface area contributed by atoms with Crippen molar-refractivity contribution in [1.82, 2.24) is 5.01 Å². The summed E-state index contributed by atoms with van der Waals surface area (Å²) in [5, 5.41) is 5.39. The lowest BCUT2D eigenvalue weighted by atomic mass is 9.63. The summed E-state index contributed by atoms with van der Waals surface area (Å²) < 4.78 is 11.9. The van der Waals surface area contributed by atoms with E-state index < -0.39 is 0 Å². The van der Waals surface area contributed by atoms with E-state index in [4.69, 9.17) is 9.47 Å². The van der Waals surface area contributed by atoms with Crippen LogP contribution in [0.4, 0.5) is 0 Å². The van der Waals surface area contributed by atoms with Crippen LogP contribution in [-0.4, -0.2) is 36.8 Å². The van der Waals surface area contributed by atoms with Gasteiger partial charge in [-0.05, 0) is 77.3 Å². The molecule has 1 aliphatic heterocycles. The van der Waals surface area contributed by atoms with E-state index >= 15 is 0 Å². The lowest BCUT2D eigenvalue weighted by Crippen LogP contribution is -2.40. The van der Waals surface area contributed by atoms with Crippen LogP contribution in [0.1, 0.15) is 18.9 Å². The molecule has 4 aliphatic carbocycles. The second-order valence-corrected chi connectivity index (χ2v) is 9.02. The van der Waals surface area contributed by atoms with Crippen LogP contribution < -0.4 is 9.47 Å². The molecule has 0 spiro atoms. The molecule has 1 saturated heterocycles. The molecule has 2 amide bonds. The molecule has 146 valence electrons. The molecule has 5 aliphatic rings. The molecule has 3 fully saturated rings. The molecule has 6 atom stereocenters. The Bertz CT molecular complexity index is 891. The van der Waals surface area contributed by atoms with E-state index in [1.165, 1.54) is 0 Å². The van der Waals surface area contributed by atoms with Crippen LogP contribution in [0.2, 0.25) is 0 Å². The standard InChI is InChI=1S/C21H21IN2O4/c1-3-28-19-15(22)6-10(7-16(19)27-2)9-23-24-20(25)17-11-4-5-12(14-8-13(11)14)18(17)21(24)26/h4-7,9,11-14,17-18H,3,8H2,1-2H3/b23-9+. The van der Waals surface area contributed by atoms with Crippen molar-refractivity contribution in [3.05, 3.63) is 33.4 Å². The van der Waals surface area contributed by atoms with Crippen LogP contribution in [0.3, 0.4) is 0 Å². The summed E-state index contributed by atoms with van der Waals surface area (Å²) in [4.78, 5) is 25.9. The molecule has 28 heavy (non-hydrogen) atoms. The van der Waals surface area contributed by atoms with Gasteiger partial charge in [0.15, 0.2) is 11.5 Å². The Morgan fingerprint density at radius 1 is 1.18 bits per heavy atom. The van der Waals surface area contributed by atoms with E-state index in [9.17, 15) is 9.59 Å². The van der Waals surface area contributed by atoms with E-state index in [2.05, 4.69) is 39.8 Å². The van der Waals surface area contributed by atoms with Crippen LogP contribution in [0, 0.1) is 39.1 Å². The molecule has 0 aromatic heterocycles. The van der Waals surface area contributed by atoms with Gasteiger partial charge in [-0.2, -0.15) is 10.1 Å². The average molecular weight is 492 g/mol. The van der Waals surface area contributed by atoms with E-state index in [-0.39, 0.29) is 35.5 Å². The number of ether oxygens (including phenoxy) is 2. The quantitative estimate of drug-likeness (QED) is 0.274. The van der Waals surface area contributed by atoms with Crippen LogP contribution >= 0.6 is 22.6 Å². The number of allylic oxidation sites excluding steroid dienone is 2. The monoisotopic (exact) mass is 492 g/mol. The maximum absolute atomic E-state index is 13.0. The van der Waals surface area contributed by atoms with Crippen LogP contribution in [-0.2, 0) is 9.59 Å². The summed E-state index contributed by atoms with van der Waals surface area (Å²) in [5.41, 5.74) is 0.754. The number of imide groups is 1.